The van der Waals surface area contributed by atoms with Gasteiger partial charge in [0, 0.05) is 53.6 Å². The highest BCUT2D eigenvalue weighted by Gasteiger charge is 2.40. The second-order valence-electron chi connectivity index (χ2n) is 12.8. The van der Waals surface area contributed by atoms with E-state index >= 15 is 0 Å². The number of allylic oxidation sites excluding steroid dienone is 1. The molecule has 0 aromatic heterocycles. The molecule has 0 atom stereocenters. The lowest BCUT2D eigenvalue weighted by molar-refractivity contribution is -0.393. The summed E-state index contributed by atoms with van der Waals surface area (Å²) in [6.07, 6.45) is 16.8. The molecule has 0 bridgehead atoms. The molecule has 2 aromatic carbocycles. The van der Waals surface area contributed by atoms with Gasteiger partial charge in [0.05, 0.1) is 32.0 Å². The summed E-state index contributed by atoms with van der Waals surface area (Å²) in [5, 5.41) is 56.0. The number of amides is 1. The van der Waals surface area contributed by atoms with E-state index in [-0.39, 0.29) is 33.4 Å². The van der Waals surface area contributed by atoms with Crippen molar-refractivity contribution in [3.8, 4) is 23.3 Å². The Morgan fingerprint density at radius 3 is 1.46 bits per heavy atom. The highest BCUT2D eigenvalue weighted by atomic mass is 16.6. The average molecular weight is 687 g/mol. The van der Waals surface area contributed by atoms with E-state index in [4.69, 9.17) is 0 Å². The molecular weight excluding hydrogens is 640 g/mol. The Morgan fingerprint density at radius 2 is 1.04 bits per heavy atom. The summed E-state index contributed by atoms with van der Waals surface area (Å²) in [5.74, 6) is -0.564. The molecule has 0 saturated carbocycles. The van der Waals surface area contributed by atoms with Gasteiger partial charge < -0.3 is 4.90 Å². The zero-order chi connectivity index (χ0) is 36.6. The molecule has 13 heteroatoms. The molecule has 0 N–H and O–H groups in total. The summed E-state index contributed by atoms with van der Waals surface area (Å²) in [5.41, 5.74) is -3.34. The summed E-state index contributed by atoms with van der Waals surface area (Å²) in [6, 6.07) is 7.34. The normalized spacial score (nSPS) is 11.3. The molecule has 0 heterocycles. The third kappa shape index (κ3) is 9.94. The van der Waals surface area contributed by atoms with Crippen molar-refractivity contribution in [1.29, 1.82) is 10.5 Å². The summed E-state index contributed by atoms with van der Waals surface area (Å²) < 4.78 is 0. The molecule has 0 aliphatic heterocycles. The van der Waals surface area contributed by atoms with E-state index in [1.165, 1.54) is 25.7 Å². The zero-order valence-corrected chi connectivity index (χ0v) is 29.1. The fourth-order valence-corrected chi connectivity index (χ4v) is 6.60. The van der Waals surface area contributed by atoms with Crippen LogP contribution in [0.4, 0.5) is 17.1 Å². The minimum Gasteiger partial charge on any atom is -0.339 e. The van der Waals surface area contributed by atoms with Gasteiger partial charge in [0.2, 0.25) is 0 Å². The molecule has 1 amide bonds. The van der Waals surface area contributed by atoms with Crippen molar-refractivity contribution in [3.05, 3.63) is 76.9 Å². The molecular formula is C37H46N6O7. The third-order valence-corrected chi connectivity index (χ3v) is 9.19. The number of non-ortho nitro benzene ring substituents is 2. The summed E-state index contributed by atoms with van der Waals surface area (Å²) in [6.45, 7) is 5.08. The first kappa shape index (κ1) is 39.3. The van der Waals surface area contributed by atoms with Crippen LogP contribution in [0.1, 0.15) is 138 Å². The Kier molecular flexibility index (Phi) is 15.5. The minimum absolute atomic E-state index is 0.0490. The van der Waals surface area contributed by atoms with Gasteiger partial charge in [-0.15, -0.1) is 0 Å². The second-order valence-corrected chi connectivity index (χ2v) is 12.8. The van der Waals surface area contributed by atoms with E-state index in [2.05, 4.69) is 13.8 Å². The maximum atomic E-state index is 14.5. The third-order valence-electron chi connectivity index (χ3n) is 9.19. The molecule has 3 rings (SSSR count). The number of unbranched alkanes of at least 4 members (excludes halogenated alkanes) is 14. The van der Waals surface area contributed by atoms with Gasteiger partial charge in [0.25, 0.3) is 23.0 Å². The van der Waals surface area contributed by atoms with E-state index < -0.39 is 43.3 Å². The first-order valence-corrected chi connectivity index (χ1v) is 17.7. The number of nitriles is 2. The quantitative estimate of drug-likeness (QED) is 0.0427. The smallest absolute Gasteiger partial charge is 0.284 e. The fraction of sp³-hybridized carbons (Fsp3) is 0.541. The van der Waals surface area contributed by atoms with Crippen LogP contribution in [0.2, 0.25) is 0 Å². The van der Waals surface area contributed by atoms with Crippen molar-refractivity contribution >= 4 is 28.5 Å². The van der Waals surface area contributed by atoms with Gasteiger partial charge >= 0.3 is 0 Å². The van der Waals surface area contributed by atoms with Gasteiger partial charge in [-0.05, 0) is 12.8 Å². The Balaban J connectivity index is 2.10. The van der Waals surface area contributed by atoms with Gasteiger partial charge in [-0.3, -0.25) is 35.1 Å². The van der Waals surface area contributed by atoms with Crippen LogP contribution in [0.25, 0.3) is 16.7 Å². The van der Waals surface area contributed by atoms with Gasteiger partial charge in [0.1, 0.15) is 17.7 Å². The fourth-order valence-electron chi connectivity index (χ4n) is 6.60. The molecule has 0 saturated heterocycles. The minimum atomic E-state index is -0.837. The van der Waals surface area contributed by atoms with E-state index in [0.717, 1.165) is 88.5 Å². The van der Waals surface area contributed by atoms with Crippen LogP contribution in [0.15, 0.2) is 29.8 Å². The van der Waals surface area contributed by atoms with Crippen LogP contribution < -0.4 is 0 Å². The molecule has 2 aromatic rings. The van der Waals surface area contributed by atoms with Crippen molar-refractivity contribution in [1.82, 2.24) is 4.90 Å². The molecule has 50 heavy (non-hydrogen) atoms. The molecule has 266 valence electrons. The highest BCUT2D eigenvalue weighted by molar-refractivity contribution is 6.14. The first-order chi connectivity index (χ1) is 24.1. The van der Waals surface area contributed by atoms with Crippen LogP contribution in [0.3, 0.4) is 0 Å². The molecule has 1 aliphatic rings. The van der Waals surface area contributed by atoms with Crippen molar-refractivity contribution in [2.45, 2.75) is 117 Å². The van der Waals surface area contributed by atoms with Crippen molar-refractivity contribution in [3.63, 3.8) is 0 Å². The lowest BCUT2D eigenvalue weighted by Crippen LogP contribution is -2.33. The number of carbonyl (C=O) groups is 1. The van der Waals surface area contributed by atoms with Crippen LogP contribution in [0.5, 0.6) is 0 Å². The van der Waals surface area contributed by atoms with E-state index in [1.807, 2.05) is 0 Å². The summed E-state index contributed by atoms with van der Waals surface area (Å²) in [4.78, 5) is 50.1. The van der Waals surface area contributed by atoms with Crippen LogP contribution >= 0.6 is 0 Å². The largest absolute Gasteiger partial charge is 0.339 e. The molecule has 13 nitrogen and oxygen atoms in total. The molecule has 0 fully saturated rings. The van der Waals surface area contributed by atoms with Gasteiger partial charge in [0.15, 0.2) is 0 Å². The molecule has 0 spiro atoms. The summed E-state index contributed by atoms with van der Waals surface area (Å²) in [7, 11) is 0. The van der Waals surface area contributed by atoms with Crippen molar-refractivity contribution < 1.29 is 19.6 Å². The van der Waals surface area contributed by atoms with Crippen LogP contribution in [0, 0.1) is 53.0 Å². The number of nitro groups is 3. The molecule has 0 radical (unpaired) electrons. The lowest BCUT2D eigenvalue weighted by atomic mass is 9.95. The number of carbonyl (C=O) groups excluding carboxylic acids is 1. The van der Waals surface area contributed by atoms with E-state index in [9.17, 15) is 45.7 Å². The average Bonchev–Trinajstić information content (AvgIpc) is 3.43. The Morgan fingerprint density at radius 1 is 0.620 bits per heavy atom. The topological polar surface area (TPSA) is 197 Å². The standard InChI is InChI=1S/C37H46N6O7/c1-3-5-7-9-11-13-15-17-19-40(20-18-16-14-12-10-8-6-4-2)37(44)32-23-28(41(45)46)21-30-34(27(25-38)26-39)31-22-29(42(47)48)24-33(43(49)50)36(31)35(30)32/h21-24H,3-20H2,1-2H3. The number of hydrogen-bond donors (Lipinski definition) is 0. The van der Waals surface area contributed by atoms with Crippen LogP contribution in [-0.2, 0) is 0 Å². The number of nitrogens with zero attached hydrogens (tertiary/aromatic N) is 6. The maximum absolute atomic E-state index is 14.5. The SMILES string of the molecule is CCCCCCCCCCN(CCCCCCCCCC)C(=O)c1cc([N+](=O)[O-])cc2c1-c1c(cc([N+](=O)[O-])cc1[N+](=O)[O-])C2=C(C#N)C#N. The monoisotopic (exact) mass is 686 g/mol. The number of hydrogen-bond acceptors (Lipinski definition) is 9. The number of nitro benzene ring substituents is 3. The second kappa shape index (κ2) is 19.7. The van der Waals surface area contributed by atoms with Crippen LogP contribution in [-0.4, -0.2) is 38.7 Å². The van der Waals surface area contributed by atoms with Crippen molar-refractivity contribution in [2.24, 2.45) is 0 Å². The van der Waals surface area contributed by atoms with Gasteiger partial charge in [-0.2, -0.15) is 10.5 Å². The van der Waals surface area contributed by atoms with E-state index in [1.54, 1.807) is 17.0 Å². The molecule has 0 unspecified atom stereocenters. The highest BCUT2D eigenvalue weighted by Crippen LogP contribution is 2.53. The maximum Gasteiger partial charge on any atom is 0.284 e. The lowest BCUT2D eigenvalue weighted by Gasteiger charge is -2.24. The zero-order valence-electron chi connectivity index (χ0n) is 29.1. The first-order valence-electron chi connectivity index (χ1n) is 17.7. The number of rotatable bonds is 22. The Bertz CT molecular complexity index is 1650. The predicted octanol–water partition coefficient (Wildman–Crippen LogP) is 9.96. The summed E-state index contributed by atoms with van der Waals surface area (Å²) >= 11 is 0. The van der Waals surface area contributed by atoms with Gasteiger partial charge in [-0.1, -0.05) is 104 Å². The van der Waals surface area contributed by atoms with Gasteiger partial charge in [-0.25, -0.2) is 0 Å². The Labute approximate surface area is 293 Å². The number of fused-ring (bicyclic) bond motifs is 3. The Hall–Kier alpha value is -5.17. The van der Waals surface area contributed by atoms with E-state index in [0.29, 0.717) is 25.9 Å². The number of benzene rings is 2. The van der Waals surface area contributed by atoms with Crippen molar-refractivity contribution in [2.75, 3.05) is 13.1 Å². The molecule has 1 aliphatic carbocycles. The predicted molar refractivity (Wildman–Crippen MR) is 190 cm³/mol.